The molecule has 3 N–H and O–H groups in total. The van der Waals surface area contributed by atoms with Gasteiger partial charge in [-0.2, -0.15) is 0 Å². The summed E-state index contributed by atoms with van der Waals surface area (Å²) < 4.78 is 4.94. The van der Waals surface area contributed by atoms with Crippen LogP contribution < -0.4 is 11.1 Å². The highest BCUT2D eigenvalue weighted by atomic mass is 16.5. The Bertz CT molecular complexity index is 799. The van der Waals surface area contributed by atoms with Crippen LogP contribution in [0.2, 0.25) is 0 Å². The third kappa shape index (κ3) is 4.96. The van der Waals surface area contributed by atoms with Crippen LogP contribution in [0, 0.1) is 12.8 Å². The third-order valence-corrected chi connectivity index (χ3v) is 5.06. The van der Waals surface area contributed by atoms with Crippen molar-refractivity contribution in [1.82, 2.24) is 15.0 Å². The lowest BCUT2D eigenvalue weighted by atomic mass is 9.94. The lowest BCUT2D eigenvalue weighted by Crippen LogP contribution is -2.52. The molecule has 2 amide bonds. The van der Waals surface area contributed by atoms with Gasteiger partial charge in [-0.1, -0.05) is 42.4 Å². The fourth-order valence-electron chi connectivity index (χ4n) is 3.34. The largest absolute Gasteiger partial charge is 0.360 e. The average molecular weight is 385 g/mol. The second-order valence-electron chi connectivity index (χ2n) is 7.20. The number of nitrogens with one attached hydrogen (secondary N) is 1. The van der Waals surface area contributed by atoms with Crippen molar-refractivity contribution < 1.29 is 14.1 Å². The summed E-state index contributed by atoms with van der Waals surface area (Å²) in [5.41, 5.74) is 7.25. The van der Waals surface area contributed by atoms with E-state index < -0.39 is 0 Å². The van der Waals surface area contributed by atoms with E-state index in [9.17, 15) is 9.59 Å². The minimum Gasteiger partial charge on any atom is -0.360 e. The first-order valence-electron chi connectivity index (χ1n) is 9.49. The number of hydrogen-bond acceptors (Lipinski definition) is 6. The Morgan fingerprint density at radius 3 is 2.50 bits per heavy atom. The number of nitrogens with zero attached hydrogens (tertiary/aromatic N) is 3. The number of piperazine rings is 1. The van der Waals surface area contributed by atoms with Crippen LogP contribution in [0.1, 0.15) is 24.3 Å². The fraction of sp³-hybridized carbons (Fsp3) is 0.450. The summed E-state index contributed by atoms with van der Waals surface area (Å²) in [7, 11) is 0. The zero-order valence-corrected chi connectivity index (χ0v) is 16.3. The number of amides is 2. The van der Waals surface area contributed by atoms with Crippen LogP contribution in [0.5, 0.6) is 0 Å². The summed E-state index contributed by atoms with van der Waals surface area (Å²) in [6, 6.07) is 11.0. The fourth-order valence-corrected chi connectivity index (χ4v) is 3.34. The van der Waals surface area contributed by atoms with Crippen molar-refractivity contribution in [1.29, 1.82) is 0 Å². The van der Waals surface area contributed by atoms with Gasteiger partial charge in [-0.25, -0.2) is 0 Å². The molecule has 1 aliphatic heterocycles. The van der Waals surface area contributed by atoms with Gasteiger partial charge >= 0.3 is 0 Å². The van der Waals surface area contributed by atoms with Gasteiger partial charge in [0, 0.05) is 38.3 Å². The SMILES string of the molecule is Cc1cc(NC(=O)CN2CCN(C(=O)C(C)C(N)c3ccccc3)CC2)no1. The molecule has 3 rings (SSSR count). The van der Waals surface area contributed by atoms with Gasteiger partial charge in [-0.15, -0.1) is 0 Å². The maximum atomic E-state index is 12.8. The Kier molecular flexibility index (Phi) is 6.43. The van der Waals surface area contributed by atoms with E-state index in [-0.39, 0.29) is 30.3 Å². The summed E-state index contributed by atoms with van der Waals surface area (Å²) in [5, 5.41) is 6.47. The highest BCUT2D eigenvalue weighted by Crippen LogP contribution is 2.21. The molecule has 1 saturated heterocycles. The second-order valence-corrected chi connectivity index (χ2v) is 7.20. The van der Waals surface area contributed by atoms with Crippen LogP contribution in [0.25, 0.3) is 0 Å². The zero-order chi connectivity index (χ0) is 20.1. The molecule has 1 aromatic heterocycles. The first-order chi connectivity index (χ1) is 13.4. The topological polar surface area (TPSA) is 105 Å². The van der Waals surface area contributed by atoms with Crippen LogP contribution >= 0.6 is 0 Å². The van der Waals surface area contributed by atoms with Gasteiger partial charge in [0.05, 0.1) is 12.5 Å². The van der Waals surface area contributed by atoms with E-state index in [1.54, 1.807) is 13.0 Å². The molecule has 8 heteroatoms. The lowest BCUT2D eigenvalue weighted by molar-refractivity contribution is -0.137. The van der Waals surface area contributed by atoms with Crippen LogP contribution in [0.15, 0.2) is 40.9 Å². The van der Waals surface area contributed by atoms with E-state index in [4.69, 9.17) is 10.3 Å². The van der Waals surface area contributed by atoms with Crippen LogP contribution in [-0.2, 0) is 9.59 Å². The number of hydrogen-bond donors (Lipinski definition) is 2. The maximum Gasteiger partial charge on any atom is 0.239 e. The Labute approximate surface area is 164 Å². The number of aryl methyl sites for hydroxylation is 1. The molecule has 0 saturated carbocycles. The van der Waals surface area contributed by atoms with Gasteiger partial charge in [-0.3, -0.25) is 14.5 Å². The Balaban J connectivity index is 1.46. The molecule has 0 aliphatic carbocycles. The highest BCUT2D eigenvalue weighted by Gasteiger charge is 2.29. The molecule has 1 aromatic carbocycles. The Hall–Kier alpha value is -2.71. The van der Waals surface area contributed by atoms with Gasteiger partial charge in [-0.05, 0) is 12.5 Å². The minimum atomic E-state index is -0.330. The molecule has 2 aromatic rings. The first-order valence-corrected chi connectivity index (χ1v) is 9.49. The molecule has 2 unspecified atom stereocenters. The van der Waals surface area contributed by atoms with Crippen molar-refractivity contribution in [2.75, 3.05) is 38.0 Å². The maximum absolute atomic E-state index is 12.8. The standard InChI is InChI=1S/C20H27N5O3/c1-14-12-17(23-28-14)22-18(26)13-24-8-10-25(11-9-24)20(27)15(2)19(21)16-6-4-3-5-7-16/h3-7,12,15,19H,8-11,13,21H2,1-2H3,(H,22,23,26). The van der Waals surface area contributed by atoms with Crippen molar-refractivity contribution in [3.8, 4) is 0 Å². The second kappa shape index (κ2) is 8.99. The summed E-state index contributed by atoms with van der Waals surface area (Å²) in [5.74, 6) is 0.670. The van der Waals surface area contributed by atoms with Crippen LogP contribution in [0.4, 0.5) is 5.82 Å². The number of carbonyl (C=O) groups excluding carboxylic acids is 2. The summed E-state index contributed by atoms with van der Waals surface area (Å²) >= 11 is 0. The molecule has 1 fully saturated rings. The van der Waals surface area contributed by atoms with E-state index >= 15 is 0 Å². The summed E-state index contributed by atoms with van der Waals surface area (Å²) in [4.78, 5) is 28.8. The molecule has 0 spiro atoms. The predicted octanol–water partition coefficient (Wildman–Crippen LogP) is 1.40. The number of nitrogens with two attached hydrogens (primary N) is 1. The molecule has 8 nitrogen and oxygen atoms in total. The minimum absolute atomic E-state index is 0.0542. The quantitative estimate of drug-likeness (QED) is 0.779. The van der Waals surface area contributed by atoms with Crippen molar-refractivity contribution in [3.63, 3.8) is 0 Å². The number of rotatable bonds is 6. The van der Waals surface area contributed by atoms with E-state index in [1.165, 1.54) is 0 Å². The predicted molar refractivity (Wildman–Crippen MR) is 105 cm³/mol. The van der Waals surface area contributed by atoms with Gasteiger partial charge in [0.2, 0.25) is 11.8 Å². The molecular formula is C20H27N5O3. The van der Waals surface area contributed by atoms with Crippen LogP contribution in [-0.4, -0.2) is 59.5 Å². The molecule has 1 aliphatic rings. The van der Waals surface area contributed by atoms with E-state index in [0.717, 1.165) is 5.56 Å². The molecule has 150 valence electrons. The Morgan fingerprint density at radius 1 is 1.21 bits per heavy atom. The number of carbonyl (C=O) groups is 2. The van der Waals surface area contributed by atoms with E-state index in [0.29, 0.717) is 37.8 Å². The molecule has 28 heavy (non-hydrogen) atoms. The van der Waals surface area contributed by atoms with Crippen LogP contribution in [0.3, 0.4) is 0 Å². The lowest BCUT2D eigenvalue weighted by Gasteiger charge is -2.36. The number of benzene rings is 1. The molecule has 2 atom stereocenters. The molecule has 2 heterocycles. The van der Waals surface area contributed by atoms with Crippen molar-refractivity contribution in [2.45, 2.75) is 19.9 Å². The smallest absolute Gasteiger partial charge is 0.239 e. The first kappa shape index (κ1) is 20.0. The molecular weight excluding hydrogens is 358 g/mol. The van der Waals surface area contributed by atoms with Gasteiger partial charge < -0.3 is 20.5 Å². The third-order valence-electron chi connectivity index (χ3n) is 5.06. The molecule has 0 bridgehead atoms. The summed E-state index contributed by atoms with van der Waals surface area (Å²) in [6.07, 6.45) is 0. The summed E-state index contributed by atoms with van der Waals surface area (Å²) in [6.45, 7) is 6.35. The van der Waals surface area contributed by atoms with E-state index in [1.807, 2.05) is 47.1 Å². The van der Waals surface area contributed by atoms with Crippen molar-refractivity contribution >= 4 is 17.6 Å². The zero-order valence-electron chi connectivity index (χ0n) is 16.3. The molecule has 0 radical (unpaired) electrons. The van der Waals surface area contributed by atoms with Gasteiger partial charge in [0.25, 0.3) is 0 Å². The van der Waals surface area contributed by atoms with Crippen molar-refractivity contribution in [3.05, 3.63) is 47.7 Å². The van der Waals surface area contributed by atoms with Gasteiger partial charge in [0.1, 0.15) is 5.76 Å². The van der Waals surface area contributed by atoms with Gasteiger partial charge in [0.15, 0.2) is 5.82 Å². The monoisotopic (exact) mass is 385 g/mol. The highest BCUT2D eigenvalue weighted by molar-refractivity contribution is 5.91. The normalized spacial score (nSPS) is 17.2. The van der Waals surface area contributed by atoms with Crippen molar-refractivity contribution in [2.24, 2.45) is 11.7 Å². The Morgan fingerprint density at radius 2 is 1.89 bits per heavy atom. The average Bonchev–Trinajstić information content (AvgIpc) is 3.12. The number of anilines is 1. The number of aromatic nitrogens is 1. The van der Waals surface area contributed by atoms with E-state index in [2.05, 4.69) is 10.5 Å².